The minimum Gasteiger partial charge on any atom is -0.382 e. The number of nitrogens with two attached hydrogens (primary N) is 1. The van der Waals surface area contributed by atoms with E-state index < -0.39 is 5.92 Å². The Balaban J connectivity index is 3.06. The van der Waals surface area contributed by atoms with Gasteiger partial charge in [0, 0.05) is 12.5 Å². The van der Waals surface area contributed by atoms with Gasteiger partial charge in [0.25, 0.3) is 5.92 Å². The van der Waals surface area contributed by atoms with E-state index in [1.54, 1.807) is 0 Å². The summed E-state index contributed by atoms with van der Waals surface area (Å²) in [4.78, 5) is 0. The van der Waals surface area contributed by atoms with E-state index in [9.17, 15) is 8.78 Å². The fourth-order valence-electron chi connectivity index (χ4n) is 1.36. The number of alkyl halides is 2. The number of hydrogen-bond donors (Lipinski definition) is 2. The van der Waals surface area contributed by atoms with Gasteiger partial charge >= 0.3 is 0 Å². The van der Waals surface area contributed by atoms with Crippen LogP contribution in [0.4, 0.5) is 14.6 Å². The number of nitrogens with zero attached hydrogens (tertiary/aromatic N) is 1. The zero-order valence-corrected chi connectivity index (χ0v) is 8.56. The maximum atomic E-state index is 13.1. The second kappa shape index (κ2) is 3.55. The van der Waals surface area contributed by atoms with Crippen molar-refractivity contribution in [2.45, 2.75) is 33.1 Å². The number of nitrogens with one attached hydrogen (secondary N) is 1. The molecule has 0 spiro atoms. The number of nitrogen functional groups attached to an aromatic ring is 1. The van der Waals surface area contributed by atoms with Crippen LogP contribution in [0.25, 0.3) is 0 Å². The fourth-order valence-corrected chi connectivity index (χ4v) is 1.36. The van der Waals surface area contributed by atoms with Crippen LogP contribution in [0, 0.1) is 5.92 Å². The molecule has 1 aromatic rings. The molecule has 80 valence electrons. The van der Waals surface area contributed by atoms with E-state index >= 15 is 0 Å². The average Bonchev–Trinajstić information content (AvgIpc) is 2.30. The van der Waals surface area contributed by atoms with E-state index in [0.29, 0.717) is 12.0 Å². The van der Waals surface area contributed by atoms with Gasteiger partial charge in [-0.3, -0.25) is 5.10 Å². The van der Waals surface area contributed by atoms with Gasteiger partial charge in [0.1, 0.15) is 11.5 Å². The molecule has 0 aliphatic carbocycles. The largest absolute Gasteiger partial charge is 0.382 e. The predicted octanol–water partition coefficient (Wildman–Crippen LogP) is 2.30. The topological polar surface area (TPSA) is 54.7 Å². The van der Waals surface area contributed by atoms with Crippen molar-refractivity contribution in [1.29, 1.82) is 0 Å². The van der Waals surface area contributed by atoms with Crippen molar-refractivity contribution in [3.05, 3.63) is 11.3 Å². The number of rotatable bonds is 3. The van der Waals surface area contributed by atoms with Gasteiger partial charge in [0.05, 0.1) is 0 Å². The molecule has 1 aromatic heterocycles. The fraction of sp³-hybridized carbons (Fsp3) is 0.667. The number of halogens is 2. The van der Waals surface area contributed by atoms with Gasteiger partial charge in [-0.05, 0) is 12.3 Å². The SMILES string of the molecule is CC(C)Cc1c(N)n[nH]c1C(C)(F)F. The Hall–Kier alpha value is -1.13. The van der Waals surface area contributed by atoms with Crippen molar-refractivity contribution in [2.75, 3.05) is 5.73 Å². The molecule has 0 bridgehead atoms. The van der Waals surface area contributed by atoms with E-state index in [0.717, 1.165) is 6.92 Å². The van der Waals surface area contributed by atoms with Crippen LogP contribution >= 0.6 is 0 Å². The average molecular weight is 203 g/mol. The van der Waals surface area contributed by atoms with Crippen LogP contribution in [0.3, 0.4) is 0 Å². The highest BCUT2D eigenvalue weighted by Gasteiger charge is 2.31. The van der Waals surface area contributed by atoms with Gasteiger partial charge < -0.3 is 5.73 Å². The lowest BCUT2D eigenvalue weighted by Gasteiger charge is -2.12. The summed E-state index contributed by atoms with van der Waals surface area (Å²) < 4.78 is 26.1. The molecule has 0 radical (unpaired) electrons. The van der Waals surface area contributed by atoms with Crippen LogP contribution in [0.5, 0.6) is 0 Å². The molecule has 0 saturated heterocycles. The highest BCUT2D eigenvalue weighted by molar-refractivity contribution is 5.43. The van der Waals surface area contributed by atoms with Crippen molar-refractivity contribution >= 4 is 5.82 Å². The lowest BCUT2D eigenvalue weighted by atomic mass is 10.0. The number of H-pyrrole nitrogens is 1. The van der Waals surface area contributed by atoms with E-state index in [1.807, 2.05) is 13.8 Å². The van der Waals surface area contributed by atoms with Crippen LogP contribution < -0.4 is 5.73 Å². The Morgan fingerprint density at radius 3 is 2.50 bits per heavy atom. The van der Waals surface area contributed by atoms with Crippen LogP contribution in [0.2, 0.25) is 0 Å². The smallest absolute Gasteiger partial charge is 0.286 e. The third-order valence-corrected chi connectivity index (χ3v) is 1.95. The van der Waals surface area contributed by atoms with E-state index in [1.165, 1.54) is 0 Å². The van der Waals surface area contributed by atoms with Gasteiger partial charge in [-0.15, -0.1) is 0 Å². The van der Waals surface area contributed by atoms with Crippen molar-refractivity contribution in [1.82, 2.24) is 10.2 Å². The molecule has 0 aromatic carbocycles. The summed E-state index contributed by atoms with van der Waals surface area (Å²) in [7, 11) is 0. The molecule has 5 heteroatoms. The van der Waals surface area contributed by atoms with Gasteiger partial charge in [0.2, 0.25) is 0 Å². The molecule has 0 saturated carbocycles. The Morgan fingerprint density at radius 2 is 2.07 bits per heavy atom. The normalized spacial score (nSPS) is 12.4. The van der Waals surface area contributed by atoms with Crippen LogP contribution in [-0.4, -0.2) is 10.2 Å². The molecule has 1 rings (SSSR count). The quantitative estimate of drug-likeness (QED) is 0.792. The summed E-state index contributed by atoms with van der Waals surface area (Å²) >= 11 is 0. The Morgan fingerprint density at radius 1 is 1.50 bits per heavy atom. The summed E-state index contributed by atoms with van der Waals surface area (Å²) in [5, 5.41) is 5.90. The van der Waals surface area contributed by atoms with Crippen molar-refractivity contribution in [2.24, 2.45) is 5.92 Å². The maximum Gasteiger partial charge on any atom is 0.286 e. The summed E-state index contributed by atoms with van der Waals surface area (Å²) in [6.07, 6.45) is 0.515. The number of anilines is 1. The molecular formula is C9H15F2N3. The first-order valence-electron chi connectivity index (χ1n) is 4.53. The minimum atomic E-state index is -2.91. The van der Waals surface area contributed by atoms with Crippen LogP contribution in [0.15, 0.2) is 0 Å². The first-order chi connectivity index (χ1) is 6.32. The maximum absolute atomic E-state index is 13.1. The molecular weight excluding hydrogens is 188 g/mol. The number of aromatic amines is 1. The standard InChI is InChI=1S/C9H15F2N3/c1-5(2)4-6-7(9(3,10)11)13-14-8(6)12/h5H,4H2,1-3H3,(H3,12,13,14). The van der Waals surface area contributed by atoms with Gasteiger partial charge in [-0.1, -0.05) is 13.8 Å². The van der Waals surface area contributed by atoms with Gasteiger partial charge in [-0.2, -0.15) is 13.9 Å². The monoisotopic (exact) mass is 203 g/mol. The molecule has 0 aliphatic heterocycles. The van der Waals surface area contributed by atoms with E-state index in [4.69, 9.17) is 5.73 Å². The molecule has 0 aliphatic rings. The second-order valence-corrected chi connectivity index (χ2v) is 3.95. The summed E-state index contributed by atoms with van der Waals surface area (Å²) in [5.74, 6) is -2.46. The summed E-state index contributed by atoms with van der Waals surface area (Å²) in [6.45, 7) is 4.73. The Labute approximate surface area is 81.7 Å². The Kier molecular flexibility index (Phi) is 2.78. The minimum absolute atomic E-state index is 0.163. The molecule has 0 amide bonds. The van der Waals surface area contributed by atoms with Gasteiger partial charge in [0.15, 0.2) is 0 Å². The van der Waals surface area contributed by atoms with Crippen LogP contribution in [0.1, 0.15) is 32.0 Å². The lowest BCUT2D eigenvalue weighted by molar-refractivity contribution is 0.0117. The van der Waals surface area contributed by atoms with Crippen molar-refractivity contribution in [3.63, 3.8) is 0 Å². The highest BCUT2D eigenvalue weighted by atomic mass is 19.3. The first-order valence-corrected chi connectivity index (χ1v) is 4.53. The molecule has 1 heterocycles. The van der Waals surface area contributed by atoms with Gasteiger partial charge in [-0.25, -0.2) is 0 Å². The second-order valence-electron chi connectivity index (χ2n) is 3.95. The molecule has 14 heavy (non-hydrogen) atoms. The van der Waals surface area contributed by atoms with Crippen LogP contribution in [-0.2, 0) is 12.3 Å². The zero-order valence-electron chi connectivity index (χ0n) is 8.56. The molecule has 0 fully saturated rings. The predicted molar refractivity (Wildman–Crippen MR) is 51.1 cm³/mol. The highest BCUT2D eigenvalue weighted by Crippen LogP contribution is 2.31. The number of hydrogen-bond acceptors (Lipinski definition) is 2. The number of aromatic nitrogens is 2. The summed E-state index contributed by atoms with van der Waals surface area (Å²) in [5.41, 5.74) is 5.78. The van der Waals surface area contributed by atoms with E-state index in [-0.39, 0.29) is 17.4 Å². The third kappa shape index (κ3) is 2.21. The third-order valence-electron chi connectivity index (χ3n) is 1.95. The Bertz CT molecular complexity index is 312. The molecule has 3 N–H and O–H groups in total. The molecule has 0 atom stereocenters. The molecule has 3 nitrogen and oxygen atoms in total. The summed E-state index contributed by atoms with van der Waals surface area (Å²) in [6, 6.07) is 0. The van der Waals surface area contributed by atoms with Crippen molar-refractivity contribution < 1.29 is 8.78 Å². The van der Waals surface area contributed by atoms with E-state index in [2.05, 4.69) is 10.2 Å². The van der Waals surface area contributed by atoms with Crippen molar-refractivity contribution in [3.8, 4) is 0 Å². The zero-order chi connectivity index (χ0) is 10.9. The first kappa shape index (κ1) is 10.9. The molecule has 0 unspecified atom stereocenters. The lowest BCUT2D eigenvalue weighted by Crippen LogP contribution is -2.12.